The molecule has 3 aromatic rings. The molecule has 31 heavy (non-hydrogen) atoms. The van der Waals surface area contributed by atoms with Crippen LogP contribution in [0.5, 0.6) is 5.75 Å². The van der Waals surface area contributed by atoms with E-state index in [1.54, 1.807) is 24.3 Å². The normalized spacial score (nSPS) is 12.3. The zero-order chi connectivity index (χ0) is 22.4. The van der Waals surface area contributed by atoms with E-state index >= 15 is 0 Å². The number of carbonyl (C=O) groups is 1. The van der Waals surface area contributed by atoms with Crippen LogP contribution in [0.1, 0.15) is 34.8 Å². The van der Waals surface area contributed by atoms with Crippen LogP contribution in [0.4, 0.5) is 13.2 Å². The molecular formula is C25H23F3O3. The monoisotopic (exact) mass is 428 g/mol. The van der Waals surface area contributed by atoms with Crippen molar-refractivity contribution in [2.45, 2.75) is 32.0 Å². The number of benzene rings is 3. The van der Waals surface area contributed by atoms with Gasteiger partial charge in [0.05, 0.1) is 18.2 Å². The summed E-state index contributed by atoms with van der Waals surface area (Å²) < 4.78 is 48.9. The predicted octanol–water partition coefficient (Wildman–Crippen LogP) is 6.56. The maximum Gasteiger partial charge on any atom is 0.416 e. The molecule has 0 radical (unpaired) electrons. The molecule has 0 spiro atoms. The van der Waals surface area contributed by atoms with Gasteiger partial charge in [0.1, 0.15) is 11.9 Å². The van der Waals surface area contributed by atoms with Crippen molar-refractivity contribution >= 4 is 5.97 Å². The third-order valence-corrected chi connectivity index (χ3v) is 5.00. The molecule has 1 unspecified atom stereocenters. The minimum absolute atomic E-state index is 0.0547. The van der Waals surface area contributed by atoms with Crippen LogP contribution in [0.3, 0.4) is 0 Å². The van der Waals surface area contributed by atoms with E-state index < -0.39 is 17.7 Å². The summed E-state index contributed by atoms with van der Waals surface area (Å²) in [4.78, 5) is 11.5. The summed E-state index contributed by atoms with van der Waals surface area (Å²) >= 11 is 0. The third-order valence-electron chi connectivity index (χ3n) is 5.00. The molecule has 0 amide bonds. The van der Waals surface area contributed by atoms with Crippen LogP contribution in [0.15, 0.2) is 72.8 Å². The Bertz CT molecular complexity index is 992. The molecule has 3 rings (SSSR count). The van der Waals surface area contributed by atoms with Crippen molar-refractivity contribution in [3.63, 3.8) is 0 Å². The van der Waals surface area contributed by atoms with Gasteiger partial charge in [0.2, 0.25) is 0 Å². The summed E-state index contributed by atoms with van der Waals surface area (Å²) in [6.45, 7) is 2.03. The Balaban J connectivity index is 1.64. The van der Waals surface area contributed by atoms with Crippen molar-refractivity contribution in [1.29, 1.82) is 0 Å². The number of ether oxygens (including phenoxy) is 2. The number of rotatable bonds is 7. The number of hydrogen-bond acceptors (Lipinski definition) is 3. The van der Waals surface area contributed by atoms with Gasteiger partial charge in [0.25, 0.3) is 0 Å². The average Bonchev–Trinajstić information content (AvgIpc) is 2.78. The van der Waals surface area contributed by atoms with Gasteiger partial charge in [-0.3, -0.25) is 0 Å². The SMILES string of the molecule is CCC(Cc1ccc(-c2ccc(C(F)(F)F)cc2)cc1)Oc1ccc(C(=O)OC)cc1. The molecule has 0 N–H and O–H groups in total. The standard InChI is InChI=1S/C25H23F3O3/c1-3-22(31-23-14-10-20(11-15-23)24(29)30-2)16-17-4-6-18(7-5-17)19-8-12-21(13-9-19)25(26,27)28/h4-15,22H,3,16H2,1-2H3. The van der Waals surface area contributed by atoms with Crippen molar-refractivity contribution in [3.8, 4) is 16.9 Å². The van der Waals surface area contributed by atoms with Gasteiger partial charge in [-0.2, -0.15) is 13.2 Å². The van der Waals surface area contributed by atoms with E-state index in [1.165, 1.54) is 19.2 Å². The summed E-state index contributed by atoms with van der Waals surface area (Å²) in [6.07, 6.45) is -2.92. The average molecular weight is 428 g/mol. The second kappa shape index (κ2) is 9.69. The molecule has 3 nitrogen and oxygen atoms in total. The summed E-state index contributed by atoms with van der Waals surface area (Å²) in [5.41, 5.74) is 2.45. The van der Waals surface area contributed by atoms with Gasteiger partial charge in [-0.15, -0.1) is 0 Å². The molecule has 0 heterocycles. The number of alkyl halides is 3. The Morgan fingerprint density at radius 3 is 1.90 bits per heavy atom. The molecule has 0 aliphatic rings. The summed E-state index contributed by atoms with van der Waals surface area (Å²) in [6, 6.07) is 19.7. The Hall–Kier alpha value is -3.28. The fourth-order valence-electron chi connectivity index (χ4n) is 3.20. The van der Waals surface area contributed by atoms with Crippen LogP contribution < -0.4 is 4.74 Å². The van der Waals surface area contributed by atoms with Crippen LogP contribution in [-0.4, -0.2) is 19.2 Å². The lowest BCUT2D eigenvalue weighted by atomic mass is 10.00. The van der Waals surface area contributed by atoms with E-state index in [2.05, 4.69) is 4.74 Å². The first-order valence-corrected chi connectivity index (χ1v) is 9.91. The van der Waals surface area contributed by atoms with Gasteiger partial charge in [0.15, 0.2) is 0 Å². The Kier molecular flexibility index (Phi) is 7.00. The minimum Gasteiger partial charge on any atom is -0.490 e. The topological polar surface area (TPSA) is 35.5 Å². The fourth-order valence-corrected chi connectivity index (χ4v) is 3.20. The van der Waals surface area contributed by atoms with E-state index in [4.69, 9.17) is 4.74 Å². The second-order valence-corrected chi connectivity index (χ2v) is 7.14. The van der Waals surface area contributed by atoms with E-state index in [9.17, 15) is 18.0 Å². The van der Waals surface area contributed by atoms with E-state index in [0.717, 1.165) is 35.2 Å². The molecule has 1 atom stereocenters. The first-order chi connectivity index (χ1) is 14.8. The van der Waals surface area contributed by atoms with Crippen molar-refractivity contribution in [2.24, 2.45) is 0 Å². The van der Waals surface area contributed by atoms with Gasteiger partial charge >= 0.3 is 12.1 Å². The molecule has 0 aromatic heterocycles. The molecule has 0 fully saturated rings. The first kappa shape index (κ1) is 22.4. The van der Waals surface area contributed by atoms with Crippen molar-refractivity contribution in [3.05, 3.63) is 89.5 Å². The van der Waals surface area contributed by atoms with E-state index in [0.29, 0.717) is 17.7 Å². The predicted molar refractivity (Wildman–Crippen MR) is 113 cm³/mol. The molecule has 6 heteroatoms. The highest BCUT2D eigenvalue weighted by atomic mass is 19.4. The van der Waals surface area contributed by atoms with E-state index in [-0.39, 0.29) is 6.10 Å². The number of hydrogen-bond donors (Lipinski definition) is 0. The van der Waals surface area contributed by atoms with Crippen LogP contribution in [-0.2, 0) is 17.3 Å². The minimum atomic E-state index is -4.34. The maximum absolute atomic E-state index is 12.7. The highest BCUT2D eigenvalue weighted by molar-refractivity contribution is 5.89. The highest BCUT2D eigenvalue weighted by Crippen LogP contribution is 2.31. The molecule has 3 aromatic carbocycles. The van der Waals surface area contributed by atoms with E-state index in [1.807, 2.05) is 31.2 Å². The van der Waals surface area contributed by atoms with Crippen LogP contribution in [0.2, 0.25) is 0 Å². The Labute approximate surface area is 179 Å². The van der Waals surface area contributed by atoms with Crippen molar-refractivity contribution in [2.75, 3.05) is 7.11 Å². The lowest BCUT2D eigenvalue weighted by Gasteiger charge is -2.18. The molecule has 0 saturated carbocycles. The highest BCUT2D eigenvalue weighted by Gasteiger charge is 2.29. The van der Waals surface area contributed by atoms with Gasteiger partial charge in [-0.25, -0.2) is 4.79 Å². The van der Waals surface area contributed by atoms with Gasteiger partial charge < -0.3 is 9.47 Å². The maximum atomic E-state index is 12.7. The molecule has 0 bridgehead atoms. The van der Waals surface area contributed by atoms with Crippen molar-refractivity contribution < 1.29 is 27.4 Å². The lowest BCUT2D eigenvalue weighted by molar-refractivity contribution is -0.137. The first-order valence-electron chi connectivity index (χ1n) is 9.91. The number of esters is 1. The second-order valence-electron chi connectivity index (χ2n) is 7.14. The smallest absolute Gasteiger partial charge is 0.416 e. The molecule has 162 valence electrons. The lowest BCUT2D eigenvalue weighted by Crippen LogP contribution is -2.18. The Morgan fingerprint density at radius 1 is 0.871 bits per heavy atom. The summed E-state index contributed by atoms with van der Waals surface area (Å²) in [5.74, 6) is 0.271. The number of carbonyl (C=O) groups excluding carboxylic acids is 1. The van der Waals surface area contributed by atoms with Crippen molar-refractivity contribution in [1.82, 2.24) is 0 Å². The van der Waals surface area contributed by atoms with Gasteiger partial charge in [0, 0.05) is 6.42 Å². The third kappa shape index (κ3) is 5.87. The van der Waals surface area contributed by atoms with Crippen LogP contribution in [0, 0.1) is 0 Å². The molecule has 0 aliphatic carbocycles. The van der Waals surface area contributed by atoms with Crippen LogP contribution >= 0.6 is 0 Å². The van der Waals surface area contributed by atoms with Crippen LogP contribution in [0.25, 0.3) is 11.1 Å². The Morgan fingerprint density at radius 2 is 1.42 bits per heavy atom. The van der Waals surface area contributed by atoms with Gasteiger partial charge in [-0.05, 0) is 59.5 Å². The fraction of sp³-hybridized carbons (Fsp3) is 0.240. The zero-order valence-electron chi connectivity index (χ0n) is 17.3. The largest absolute Gasteiger partial charge is 0.490 e. The summed E-state index contributed by atoms with van der Waals surface area (Å²) in [7, 11) is 1.34. The van der Waals surface area contributed by atoms with Gasteiger partial charge in [-0.1, -0.05) is 43.3 Å². The zero-order valence-corrected chi connectivity index (χ0v) is 17.3. The molecule has 0 saturated heterocycles. The molecule has 0 aliphatic heterocycles. The summed E-state index contributed by atoms with van der Waals surface area (Å²) in [5, 5.41) is 0. The number of halogens is 3. The quantitative estimate of drug-likeness (QED) is 0.400. The number of methoxy groups -OCH3 is 1. The molecular weight excluding hydrogens is 405 g/mol.